The number of nitrogens with zero attached hydrogens (tertiary/aromatic N) is 2. The lowest BCUT2D eigenvalue weighted by molar-refractivity contribution is 0.0594. The maximum atomic E-state index is 12.2. The zero-order valence-corrected chi connectivity index (χ0v) is 12.4. The average molecular weight is 301 g/mol. The fraction of sp³-hybridized carbons (Fsp3) is 0.125. The Bertz CT molecular complexity index is 822. The Labute approximate surface area is 126 Å². The van der Waals surface area contributed by atoms with Crippen LogP contribution in [0.2, 0.25) is 5.02 Å². The van der Waals surface area contributed by atoms with Gasteiger partial charge in [0.25, 0.3) is 0 Å². The van der Waals surface area contributed by atoms with Gasteiger partial charge in [0.15, 0.2) is 5.69 Å². The molecule has 0 aliphatic carbocycles. The molecule has 0 saturated heterocycles. The van der Waals surface area contributed by atoms with E-state index in [2.05, 4.69) is 4.98 Å². The number of carbonyl (C=O) groups excluding carboxylic acids is 1. The summed E-state index contributed by atoms with van der Waals surface area (Å²) < 4.78 is 6.66. The summed E-state index contributed by atoms with van der Waals surface area (Å²) in [4.78, 5) is 16.7. The molecule has 0 aliphatic heterocycles. The standard InChI is InChI=1S/C16H13ClN2O2/c1-10-3-8-13-18-14(11-4-6-12(17)7-5-11)15(16(20)21-2)19(13)9-10/h3-9H,1-2H3. The Morgan fingerprint density at radius 2 is 1.90 bits per heavy atom. The van der Waals surface area contributed by atoms with Crippen molar-refractivity contribution in [3.63, 3.8) is 0 Å². The highest BCUT2D eigenvalue weighted by Gasteiger charge is 2.21. The summed E-state index contributed by atoms with van der Waals surface area (Å²) in [7, 11) is 1.36. The van der Waals surface area contributed by atoms with E-state index in [9.17, 15) is 4.79 Å². The molecule has 1 aromatic carbocycles. The second-order valence-corrected chi connectivity index (χ2v) is 5.18. The number of aryl methyl sites for hydroxylation is 1. The summed E-state index contributed by atoms with van der Waals surface area (Å²) in [5.41, 5.74) is 3.56. The normalized spacial score (nSPS) is 10.8. The van der Waals surface area contributed by atoms with E-state index in [0.29, 0.717) is 22.1 Å². The fourth-order valence-corrected chi connectivity index (χ4v) is 2.38. The number of rotatable bonds is 2. The lowest BCUT2D eigenvalue weighted by Crippen LogP contribution is -2.07. The van der Waals surface area contributed by atoms with E-state index in [1.807, 2.05) is 37.4 Å². The number of aromatic nitrogens is 2. The van der Waals surface area contributed by atoms with Crippen LogP contribution in [0.5, 0.6) is 0 Å². The van der Waals surface area contributed by atoms with Crippen molar-refractivity contribution < 1.29 is 9.53 Å². The number of hydrogen-bond donors (Lipinski definition) is 0. The van der Waals surface area contributed by atoms with E-state index in [4.69, 9.17) is 16.3 Å². The Hall–Kier alpha value is -2.33. The first-order chi connectivity index (χ1) is 10.1. The molecule has 5 heteroatoms. The third-order valence-corrected chi connectivity index (χ3v) is 3.51. The van der Waals surface area contributed by atoms with Crippen molar-refractivity contribution in [3.05, 3.63) is 58.9 Å². The number of halogens is 1. The van der Waals surface area contributed by atoms with E-state index in [-0.39, 0.29) is 0 Å². The second kappa shape index (κ2) is 5.22. The van der Waals surface area contributed by atoms with Crippen molar-refractivity contribution in [1.82, 2.24) is 9.38 Å². The van der Waals surface area contributed by atoms with Gasteiger partial charge < -0.3 is 4.74 Å². The van der Waals surface area contributed by atoms with Gasteiger partial charge in [0.2, 0.25) is 0 Å². The van der Waals surface area contributed by atoms with Gasteiger partial charge in [-0.3, -0.25) is 4.40 Å². The number of carbonyl (C=O) groups is 1. The lowest BCUT2D eigenvalue weighted by Gasteiger charge is -2.04. The van der Waals surface area contributed by atoms with E-state index in [1.54, 1.807) is 16.5 Å². The minimum absolute atomic E-state index is 0.415. The van der Waals surface area contributed by atoms with Gasteiger partial charge >= 0.3 is 5.97 Å². The van der Waals surface area contributed by atoms with Gasteiger partial charge in [-0.05, 0) is 30.7 Å². The fourth-order valence-electron chi connectivity index (χ4n) is 2.25. The van der Waals surface area contributed by atoms with Crippen LogP contribution in [0.15, 0.2) is 42.6 Å². The molecule has 4 nitrogen and oxygen atoms in total. The maximum Gasteiger partial charge on any atom is 0.357 e. The summed E-state index contributed by atoms with van der Waals surface area (Å²) in [5, 5.41) is 0.637. The maximum absolute atomic E-state index is 12.2. The molecule has 0 aliphatic rings. The van der Waals surface area contributed by atoms with Gasteiger partial charge in [0, 0.05) is 16.8 Å². The predicted octanol–water partition coefficient (Wildman–Crippen LogP) is 3.75. The minimum atomic E-state index is -0.418. The number of esters is 1. The first-order valence-corrected chi connectivity index (χ1v) is 6.81. The van der Waals surface area contributed by atoms with Crippen LogP contribution in [0.4, 0.5) is 0 Å². The average Bonchev–Trinajstić information content (AvgIpc) is 2.85. The van der Waals surface area contributed by atoms with Crippen molar-refractivity contribution in [3.8, 4) is 11.3 Å². The number of pyridine rings is 1. The first-order valence-electron chi connectivity index (χ1n) is 6.43. The van der Waals surface area contributed by atoms with Gasteiger partial charge in [-0.15, -0.1) is 0 Å². The quantitative estimate of drug-likeness (QED) is 0.677. The Morgan fingerprint density at radius 3 is 2.57 bits per heavy atom. The van der Waals surface area contributed by atoms with Crippen LogP contribution in [0.3, 0.4) is 0 Å². The Morgan fingerprint density at radius 1 is 1.19 bits per heavy atom. The molecular formula is C16H13ClN2O2. The van der Waals surface area contributed by atoms with Gasteiger partial charge in [-0.2, -0.15) is 0 Å². The van der Waals surface area contributed by atoms with Crippen LogP contribution >= 0.6 is 11.6 Å². The molecule has 0 fully saturated rings. The first kappa shape index (κ1) is 13.6. The molecule has 21 heavy (non-hydrogen) atoms. The van der Waals surface area contributed by atoms with E-state index in [0.717, 1.165) is 11.1 Å². The smallest absolute Gasteiger partial charge is 0.357 e. The highest BCUT2D eigenvalue weighted by molar-refractivity contribution is 6.30. The number of benzene rings is 1. The highest BCUT2D eigenvalue weighted by Crippen LogP contribution is 2.26. The van der Waals surface area contributed by atoms with Crippen molar-refractivity contribution in [2.45, 2.75) is 6.92 Å². The molecule has 0 saturated carbocycles. The largest absolute Gasteiger partial charge is 0.464 e. The third-order valence-electron chi connectivity index (χ3n) is 3.26. The number of fused-ring (bicyclic) bond motifs is 1. The van der Waals surface area contributed by atoms with Crippen molar-refractivity contribution >= 4 is 23.2 Å². The van der Waals surface area contributed by atoms with Gasteiger partial charge in [0.05, 0.1) is 7.11 Å². The summed E-state index contributed by atoms with van der Waals surface area (Å²) in [5.74, 6) is -0.418. The molecule has 0 amide bonds. The molecular weight excluding hydrogens is 288 g/mol. The molecule has 106 valence electrons. The summed E-state index contributed by atoms with van der Waals surface area (Å²) in [6.07, 6.45) is 1.87. The SMILES string of the molecule is COC(=O)c1c(-c2ccc(Cl)cc2)nc2ccc(C)cn12. The molecule has 3 aromatic rings. The summed E-state index contributed by atoms with van der Waals surface area (Å²) in [6.45, 7) is 1.96. The zero-order chi connectivity index (χ0) is 15.0. The number of imidazole rings is 1. The van der Waals surface area contributed by atoms with E-state index < -0.39 is 5.97 Å². The molecule has 2 aromatic heterocycles. The topological polar surface area (TPSA) is 43.6 Å². The molecule has 0 radical (unpaired) electrons. The number of hydrogen-bond acceptors (Lipinski definition) is 3. The molecule has 2 heterocycles. The summed E-state index contributed by atoms with van der Waals surface area (Å²) in [6, 6.07) is 11.0. The van der Waals surface area contributed by atoms with Crippen LogP contribution in [0.25, 0.3) is 16.9 Å². The van der Waals surface area contributed by atoms with Crippen LogP contribution in [-0.4, -0.2) is 22.5 Å². The second-order valence-electron chi connectivity index (χ2n) is 4.74. The zero-order valence-electron chi connectivity index (χ0n) is 11.6. The molecule has 0 atom stereocenters. The van der Waals surface area contributed by atoms with Crippen molar-refractivity contribution in [2.75, 3.05) is 7.11 Å². The van der Waals surface area contributed by atoms with Gasteiger partial charge in [-0.1, -0.05) is 29.8 Å². The van der Waals surface area contributed by atoms with Crippen LogP contribution in [-0.2, 0) is 4.74 Å². The Kier molecular flexibility index (Phi) is 3.39. The van der Waals surface area contributed by atoms with Gasteiger partial charge in [-0.25, -0.2) is 9.78 Å². The van der Waals surface area contributed by atoms with E-state index in [1.165, 1.54) is 7.11 Å². The van der Waals surface area contributed by atoms with Crippen molar-refractivity contribution in [1.29, 1.82) is 0 Å². The predicted molar refractivity (Wildman–Crippen MR) is 81.7 cm³/mol. The lowest BCUT2D eigenvalue weighted by atomic mass is 10.1. The molecule has 3 rings (SSSR count). The molecule has 0 spiro atoms. The monoisotopic (exact) mass is 300 g/mol. The van der Waals surface area contributed by atoms with E-state index >= 15 is 0 Å². The van der Waals surface area contributed by atoms with Crippen LogP contribution in [0.1, 0.15) is 16.1 Å². The molecule has 0 unspecified atom stereocenters. The molecule has 0 bridgehead atoms. The van der Waals surface area contributed by atoms with Gasteiger partial charge in [0.1, 0.15) is 11.3 Å². The summed E-state index contributed by atoms with van der Waals surface area (Å²) >= 11 is 5.91. The highest BCUT2D eigenvalue weighted by atomic mass is 35.5. The third kappa shape index (κ3) is 2.38. The Balaban J connectivity index is 2.30. The number of methoxy groups -OCH3 is 1. The minimum Gasteiger partial charge on any atom is -0.464 e. The molecule has 0 N–H and O–H groups in total. The number of ether oxygens (including phenoxy) is 1. The van der Waals surface area contributed by atoms with Crippen molar-refractivity contribution in [2.24, 2.45) is 0 Å². The van der Waals surface area contributed by atoms with Crippen LogP contribution in [0, 0.1) is 6.92 Å². The van der Waals surface area contributed by atoms with Crippen LogP contribution < -0.4 is 0 Å².